The smallest absolute Gasteiger partial charge is 0.264 e. The fourth-order valence-corrected chi connectivity index (χ4v) is 6.54. The van der Waals surface area contributed by atoms with Gasteiger partial charge >= 0.3 is 0 Å². The van der Waals surface area contributed by atoms with Crippen LogP contribution in [0.2, 0.25) is 0 Å². The zero-order valence-corrected chi connectivity index (χ0v) is 28.8. The number of carbonyl (C=O) groups excluding carboxylic acids is 3. The highest BCUT2D eigenvalue weighted by molar-refractivity contribution is 7.90. The van der Waals surface area contributed by atoms with Gasteiger partial charge in [0.2, 0.25) is 11.8 Å². The number of aryl methyl sites for hydroxylation is 1. The van der Waals surface area contributed by atoms with Crippen LogP contribution >= 0.6 is 0 Å². The van der Waals surface area contributed by atoms with Crippen LogP contribution < -0.4 is 15.4 Å². The molecule has 0 fully saturated rings. The first-order valence-corrected chi connectivity index (χ1v) is 16.3. The Labute approximate surface area is 263 Å². The molecule has 0 saturated carbocycles. The van der Waals surface area contributed by atoms with Crippen molar-refractivity contribution in [2.75, 3.05) is 14.1 Å². The van der Waals surface area contributed by atoms with E-state index < -0.39 is 44.9 Å². The number of nitrogens with one attached hydrogen (secondary N) is 3. The lowest BCUT2D eigenvalue weighted by Gasteiger charge is -2.40. The van der Waals surface area contributed by atoms with Gasteiger partial charge in [-0.1, -0.05) is 103 Å². The maximum atomic E-state index is 14.1. The highest BCUT2D eigenvalue weighted by Crippen LogP contribution is 2.29. The van der Waals surface area contributed by atoms with Crippen molar-refractivity contribution in [3.05, 3.63) is 77.4 Å². The van der Waals surface area contributed by atoms with E-state index in [9.17, 15) is 22.8 Å². The number of nitrogens with zero attached hydrogens (tertiary/aromatic N) is 1. The molecule has 3 atom stereocenters. The van der Waals surface area contributed by atoms with Gasteiger partial charge in [0.05, 0.1) is 17.0 Å². The summed E-state index contributed by atoms with van der Waals surface area (Å²) >= 11 is 0. The molecule has 3 N–H and O–H groups in total. The van der Waals surface area contributed by atoms with E-state index in [2.05, 4.69) is 15.4 Å². The summed E-state index contributed by atoms with van der Waals surface area (Å²) in [6.45, 7) is 16.6. The zero-order valence-electron chi connectivity index (χ0n) is 28.0. The summed E-state index contributed by atoms with van der Waals surface area (Å²) in [6, 6.07) is 14.1. The first-order valence-electron chi connectivity index (χ1n) is 14.9. The molecular weight excluding hydrogens is 576 g/mol. The Kier molecular flexibility index (Phi) is 12.1. The highest BCUT2D eigenvalue weighted by Gasteiger charge is 2.41. The van der Waals surface area contributed by atoms with Gasteiger partial charge in [-0.05, 0) is 49.4 Å². The van der Waals surface area contributed by atoms with Gasteiger partial charge < -0.3 is 15.5 Å². The fraction of sp³-hybridized carbons (Fsp3) is 0.500. The van der Waals surface area contributed by atoms with Gasteiger partial charge in [0.25, 0.3) is 15.9 Å². The van der Waals surface area contributed by atoms with Gasteiger partial charge in [0.1, 0.15) is 6.04 Å². The van der Waals surface area contributed by atoms with Crippen molar-refractivity contribution >= 4 is 27.7 Å². The molecule has 0 aliphatic carbocycles. The Hall–Kier alpha value is -3.50. The van der Waals surface area contributed by atoms with Crippen LogP contribution in [0.25, 0.3) is 0 Å². The normalized spacial score (nSPS) is 14.9. The maximum absolute atomic E-state index is 14.1. The second kappa shape index (κ2) is 14.5. The Morgan fingerprint density at radius 3 is 1.93 bits per heavy atom. The van der Waals surface area contributed by atoms with Crippen molar-refractivity contribution in [3.63, 3.8) is 0 Å². The first-order chi connectivity index (χ1) is 20.2. The third-order valence-electron chi connectivity index (χ3n) is 8.06. The van der Waals surface area contributed by atoms with Crippen molar-refractivity contribution in [2.45, 2.75) is 90.7 Å². The van der Waals surface area contributed by atoms with E-state index in [1.54, 1.807) is 45.3 Å². The minimum atomic E-state index is -4.09. The Morgan fingerprint density at radius 1 is 0.886 bits per heavy atom. The lowest BCUT2D eigenvalue weighted by atomic mass is 9.76. The number of amides is 3. The topological polar surface area (TPSA) is 125 Å². The monoisotopic (exact) mass is 626 g/mol. The molecule has 0 bridgehead atoms. The van der Waals surface area contributed by atoms with Crippen LogP contribution in [0.3, 0.4) is 0 Å². The van der Waals surface area contributed by atoms with Crippen molar-refractivity contribution in [1.29, 1.82) is 0 Å². The zero-order chi connectivity index (χ0) is 33.6. The maximum Gasteiger partial charge on any atom is 0.264 e. The Balaban J connectivity index is 2.34. The van der Waals surface area contributed by atoms with Crippen LogP contribution in [0.5, 0.6) is 0 Å². The summed E-state index contributed by atoms with van der Waals surface area (Å²) in [7, 11) is -0.736. The van der Waals surface area contributed by atoms with Crippen molar-refractivity contribution in [1.82, 2.24) is 20.3 Å². The molecule has 0 saturated heterocycles. The van der Waals surface area contributed by atoms with E-state index in [4.69, 9.17) is 0 Å². The van der Waals surface area contributed by atoms with E-state index in [1.165, 1.54) is 17.9 Å². The molecule has 10 heteroatoms. The number of hydrogen-bond acceptors (Lipinski definition) is 6. The van der Waals surface area contributed by atoms with Crippen LogP contribution in [0, 0.1) is 18.3 Å². The number of sulfonamides is 1. The van der Waals surface area contributed by atoms with Gasteiger partial charge in [-0.2, -0.15) is 0 Å². The largest absolute Gasteiger partial charge is 0.342 e. The SMILES string of the molecule is CNC(C(=O)NC(C(=O)N(C)C(C=C(C)C(=O)NS(=O)(=O)c1ccccc1C)C(C)C)C(C)(C)C)C(C)(C)c1ccccc1. The minimum Gasteiger partial charge on any atom is -0.342 e. The molecule has 2 aromatic rings. The lowest BCUT2D eigenvalue weighted by Crippen LogP contribution is -2.61. The van der Waals surface area contributed by atoms with Crippen molar-refractivity contribution in [3.8, 4) is 0 Å². The quantitative estimate of drug-likeness (QED) is 0.302. The lowest BCUT2D eigenvalue weighted by molar-refractivity contribution is -0.140. The first kappa shape index (κ1) is 36.7. The molecule has 2 rings (SSSR count). The molecule has 0 spiro atoms. The number of rotatable bonds is 12. The van der Waals surface area contributed by atoms with E-state index in [1.807, 2.05) is 78.8 Å². The number of likely N-dealkylation sites (N-methyl/N-ethyl adjacent to an activating group) is 2. The fourth-order valence-electron chi connectivity index (χ4n) is 5.28. The summed E-state index contributed by atoms with van der Waals surface area (Å²) < 4.78 is 28.0. The van der Waals surface area contributed by atoms with Crippen LogP contribution in [-0.2, 0) is 29.8 Å². The molecule has 44 heavy (non-hydrogen) atoms. The van der Waals surface area contributed by atoms with Crippen LogP contribution in [-0.4, -0.2) is 63.3 Å². The number of hydrogen-bond donors (Lipinski definition) is 3. The van der Waals surface area contributed by atoms with Crippen LogP contribution in [0.15, 0.2) is 71.1 Å². The molecule has 3 unspecified atom stereocenters. The second-order valence-corrected chi connectivity index (χ2v) is 15.0. The molecule has 0 aromatic heterocycles. The predicted octanol–water partition coefficient (Wildman–Crippen LogP) is 4.33. The summed E-state index contributed by atoms with van der Waals surface area (Å²) in [5, 5.41) is 6.16. The third kappa shape index (κ3) is 8.79. The molecule has 0 aliphatic rings. The van der Waals surface area contributed by atoms with Crippen LogP contribution in [0.1, 0.15) is 66.5 Å². The van der Waals surface area contributed by atoms with Gasteiger partial charge in [0.15, 0.2) is 0 Å². The number of carbonyl (C=O) groups is 3. The van der Waals surface area contributed by atoms with Crippen molar-refractivity contribution in [2.24, 2.45) is 11.3 Å². The molecule has 3 amide bonds. The minimum absolute atomic E-state index is 0.0212. The van der Waals surface area contributed by atoms with Crippen molar-refractivity contribution < 1.29 is 22.8 Å². The highest BCUT2D eigenvalue weighted by atomic mass is 32.2. The molecular formula is C34H50N4O5S. The summed E-state index contributed by atoms with van der Waals surface area (Å²) in [5.41, 5.74) is 0.423. The number of benzene rings is 2. The molecule has 242 valence electrons. The molecule has 0 heterocycles. The van der Waals surface area contributed by atoms with Crippen LogP contribution in [0.4, 0.5) is 0 Å². The van der Waals surface area contributed by atoms with Gasteiger partial charge in [-0.3, -0.25) is 14.4 Å². The van der Waals surface area contributed by atoms with E-state index >= 15 is 0 Å². The van der Waals surface area contributed by atoms with E-state index in [0.29, 0.717) is 5.56 Å². The van der Waals surface area contributed by atoms with Gasteiger partial charge in [0, 0.05) is 18.0 Å². The van der Waals surface area contributed by atoms with E-state index in [0.717, 1.165) is 5.56 Å². The molecule has 2 aromatic carbocycles. The third-order valence-corrected chi connectivity index (χ3v) is 9.55. The van der Waals surface area contributed by atoms with Gasteiger partial charge in [-0.15, -0.1) is 0 Å². The molecule has 0 radical (unpaired) electrons. The Morgan fingerprint density at radius 2 is 1.43 bits per heavy atom. The second-order valence-electron chi connectivity index (χ2n) is 13.4. The van der Waals surface area contributed by atoms with E-state index in [-0.39, 0.29) is 28.2 Å². The molecule has 0 aliphatic heterocycles. The summed E-state index contributed by atoms with van der Waals surface area (Å²) in [6.07, 6.45) is 1.60. The predicted molar refractivity (Wildman–Crippen MR) is 175 cm³/mol. The van der Waals surface area contributed by atoms with Gasteiger partial charge in [-0.25, -0.2) is 13.1 Å². The summed E-state index contributed by atoms with van der Waals surface area (Å²) in [5.74, 6) is -1.54. The average Bonchev–Trinajstić information content (AvgIpc) is 2.93. The molecule has 9 nitrogen and oxygen atoms in total. The Bertz CT molecular complexity index is 1460. The average molecular weight is 627 g/mol. The standard InChI is InChI=1S/C34H50N4O5S/c1-22(2)26(21-24(4)30(39)37-44(42,43)27-20-16-15-17-23(27)3)38(11)32(41)29(33(5,6)7)36-31(40)28(35-10)34(8,9)25-18-13-12-14-19-25/h12-22,26,28-29,35H,1-11H3,(H,36,40)(H,37,39). The summed E-state index contributed by atoms with van der Waals surface area (Å²) in [4.78, 5) is 42.4.